The Bertz CT molecular complexity index is 262. The molecular formula is C9H14N2O3. The average Bonchev–Trinajstić information content (AvgIpc) is 2.20. The largest absolute Gasteiger partial charge is 0.314 e. The maximum atomic E-state index is 10.0. The predicted molar refractivity (Wildman–Crippen MR) is 53.2 cm³/mol. The van der Waals surface area contributed by atoms with Crippen molar-refractivity contribution in [3.63, 3.8) is 0 Å². The van der Waals surface area contributed by atoms with Crippen molar-refractivity contribution in [1.82, 2.24) is 5.06 Å². The molecule has 78 valence electrons. The van der Waals surface area contributed by atoms with E-state index >= 15 is 0 Å². The van der Waals surface area contributed by atoms with Gasteiger partial charge in [0.15, 0.2) is 0 Å². The third-order valence-corrected chi connectivity index (χ3v) is 1.42. The number of nitro groups is 1. The van der Waals surface area contributed by atoms with Crippen molar-refractivity contribution in [3.8, 4) is 0 Å². The molecule has 5 heteroatoms. The first-order valence-electron chi connectivity index (χ1n) is 4.17. The molecule has 0 bridgehead atoms. The second kappa shape index (κ2) is 6.99. The van der Waals surface area contributed by atoms with Gasteiger partial charge in [-0.1, -0.05) is 25.1 Å². The fourth-order valence-corrected chi connectivity index (χ4v) is 0.550. The van der Waals surface area contributed by atoms with E-state index in [-0.39, 0.29) is 5.69 Å². The van der Waals surface area contributed by atoms with E-state index in [0.29, 0.717) is 6.54 Å². The molecule has 0 heterocycles. The summed E-state index contributed by atoms with van der Waals surface area (Å²) >= 11 is 0. The minimum Gasteiger partial charge on any atom is -0.314 e. The molecule has 0 aliphatic carbocycles. The lowest BCUT2D eigenvalue weighted by Gasteiger charge is -1.98. The first-order valence-corrected chi connectivity index (χ1v) is 4.17. The zero-order valence-electron chi connectivity index (χ0n) is 8.25. The average molecular weight is 198 g/mol. The molecule has 14 heavy (non-hydrogen) atoms. The number of nitrogens with zero attached hydrogens (tertiary/aromatic N) is 2. The molecule has 0 aromatic heterocycles. The number of hydrogen-bond donors (Lipinski definition) is 1. The van der Waals surface area contributed by atoms with Crippen molar-refractivity contribution in [2.24, 2.45) is 0 Å². The summed E-state index contributed by atoms with van der Waals surface area (Å²) in [6, 6.07) is 7.93. The van der Waals surface area contributed by atoms with Crippen molar-refractivity contribution in [3.05, 3.63) is 40.4 Å². The molecule has 5 nitrogen and oxygen atoms in total. The van der Waals surface area contributed by atoms with Crippen molar-refractivity contribution < 1.29 is 10.1 Å². The number of benzene rings is 1. The molecule has 0 aliphatic rings. The molecule has 0 fully saturated rings. The molecule has 0 amide bonds. The van der Waals surface area contributed by atoms with Crippen LogP contribution in [0, 0.1) is 10.1 Å². The highest BCUT2D eigenvalue weighted by atomic mass is 16.6. The maximum Gasteiger partial charge on any atom is 0.269 e. The first kappa shape index (κ1) is 12.5. The lowest BCUT2D eigenvalue weighted by molar-refractivity contribution is -0.384. The van der Waals surface area contributed by atoms with E-state index in [0.717, 1.165) is 5.06 Å². The summed E-state index contributed by atoms with van der Waals surface area (Å²) in [6.45, 7) is 2.57. The van der Waals surface area contributed by atoms with Crippen LogP contribution in [-0.4, -0.2) is 28.8 Å². The Morgan fingerprint density at radius 1 is 1.43 bits per heavy atom. The van der Waals surface area contributed by atoms with Gasteiger partial charge in [-0.3, -0.25) is 10.1 Å². The van der Waals surface area contributed by atoms with E-state index in [9.17, 15) is 10.1 Å². The van der Waals surface area contributed by atoms with Crippen molar-refractivity contribution in [1.29, 1.82) is 0 Å². The van der Waals surface area contributed by atoms with Gasteiger partial charge in [0.25, 0.3) is 5.69 Å². The number of nitro benzene ring substituents is 1. The highest BCUT2D eigenvalue weighted by Gasteiger charge is 1.98. The van der Waals surface area contributed by atoms with E-state index in [1.807, 2.05) is 6.92 Å². The standard InChI is InChI=1S/C6H5NO2.C3H9NO/c8-7(9)6-4-2-1-3-5-6;1-3-4(2)5/h1-5H;5H,3H2,1-2H3. The summed E-state index contributed by atoms with van der Waals surface area (Å²) in [7, 11) is 1.61. The fourth-order valence-electron chi connectivity index (χ4n) is 0.550. The molecule has 0 unspecified atom stereocenters. The van der Waals surface area contributed by atoms with E-state index in [1.54, 1.807) is 25.2 Å². The first-order chi connectivity index (χ1) is 6.57. The van der Waals surface area contributed by atoms with E-state index in [1.165, 1.54) is 12.1 Å². The van der Waals surface area contributed by atoms with Gasteiger partial charge in [-0.25, -0.2) is 0 Å². The number of hydrogen-bond acceptors (Lipinski definition) is 4. The molecule has 0 saturated heterocycles. The van der Waals surface area contributed by atoms with Crippen LogP contribution in [0.15, 0.2) is 30.3 Å². The zero-order chi connectivity index (χ0) is 11.0. The summed E-state index contributed by atoms with van der Waals surface area (Å²) < 4.78 is 0. The summed E-state index contributed by atoms with van der Waals surface area (Å²) in [5.41, 5.74) is 0.137. The van der Waals surface area contributed by atoms with E-state index in [2.05, 4.69) is 0 Å². The topological polar surface area (TPSA) is 66.6 Å². The fraction of sp³-hybridized carbons (Fsp3) is 0.333. The molecular weight excluding hydrogens is 184 g/mol. The van der Waals surface area contributed by atoms with Gasteiger partial charge in [0.1, 0.15) is 0 Å². The lowest BCUT2D eigenvalue weighted by Crippen LogP contribution is -2.09. The maximum absolute atomic E-state index is 10.0. The Morgan fingerprint density at radius 2 is 1.86 bits per heavy atom. The second-order valence-electron chi connectivity index (χ2n) is 2.57. The number of non-ortho nitro benzene ring substituents is 1. The molecule has 1 N–H and O–H groups in total. The van der Waals surface area contributed by atoms with Gasteiger partial charge in [-0.05, 0) is 0 Å². The molecule has 0 aliphatic heterocycles. The molecule has 1 aromatic carbocycles. The summed E-state index contributed by atoms with van der Waals surface area (Å²) in [4.78, 5) is 9.59. The predicted octanol–water partition coefficient (Wildman–Crippen LogP) is 1.92. The zero-order valence-corrected chi connectivity index (χ0v) is 8.25. The molecule has 0 saturated carbocycles. The van der Waals surface area contributed by atoms with Crippen LogP contribution in [0.25, 0.3) is 0 Å². The SMILES string of the molecule is CCN(C)O.O=[N+]([O-])c1ccccc1. The molecule has 0 atom stereocenters. The van der Waals surface area contributed by atoms with Crippen LogP contribution in [-0.2, 0) is 0 Å². The van der Waals surface area contributed by atoms with Crippen molar-refractivity contribution in [2.75, 3.05) is 13.6 Å². The van der Waals surface area contributed by atoms with E-state index in [4.69, 9.17) is 5.21 Å². The van der Waals surface area contributed by atoms with Crippen LogP contribution in [0.1, 0.15) is 6.92 Å². The number of para-hydroxylation sites is 1. The minimum atomic E-state index is -0.417. The molecule has 1 aromatic rings. The Labute approximate surface area is 82.7 Å². The van der Waals surface area contributed by atoms with Crippen molar-refractivity contribution >= 4 is 5.69 Å². The summed E-state index contributed by atoms with van der Waals surface area (Å²) in [6.07, 6.45) is 0. The normalized spacial score (nSPS) is 9.14. The minimum absolute atomic E-state index is 0.137. The van der Waals surface area contributed by atoms with Gasteiger partial charge < -0.3 is 5.21 Å². The number of rotatable bonds is 2. The Balaban J connectivity index is 0.000000292. The van der Waals surface area contributed by atoms with Crippen LogP contribution in [0.2, 0.25) is 0 Å². The van der Waals surface area contributed by atoms with Gasteiger partial charge in [0.2, 0.25) is 0 Å². The van der Waals surface area contributed by atoms with Crippen LogP contribution < -0.4 is 0 Å². The second-order valence-corrected chi connectivity index (χ2v) is 2.57. The van der Waals surface area contributed by atoms with Crippen LogP contribution in [0.3, 0.4) is 0 Å². The molecule has 0 radical (unpaired) electrons. The van der Waals surface area contributed by atoms with Crippen LogP contribution >= 0.6 is 0 Å². The van der Waals surface area contributed by atoms with Gasteiger partial charge in [0.05, 0.1) is 4.92 Å². The van der Waals surface area contributed by atoms with Crippen molar-refractivity contribution in [2.45, 2.75) is 6.92 Å². The summed E-state index contributed by atoms with van der Waals surface area (Å²) in [5, 5.41) is 19.3. The number of hydroxylamine groups is 2. The van der Waals surface area contributed by atoms with E-state index < -0.39 is 4.92 Å². The van der Waals surface area contributed by atoms with Gasteiger partial charge in [-0.15, -0.1) is 0 Å². The highest BCUT2D eigenvalue weighted by Crippen LogP contribution is 2.06. The lowest BCUT2D eigenvalue weighted by atomic mass is 10.3. The monoisotopic (exact) mass is 198 g/mol. The third kappa shape index (κ3) is 6.10. The quantitative estimate of drug-likeness (QED) is 0.582. The Morgan fingerprint density at radius 3 is 2.07 bits per heavy atom. The third-order valence-electron chi connectivity index (χ3n) is 1.42. The Kier molecular flexibility index (Phi) is 6.26. The van der Waals surface area contributed by atoms with Crippen LogP contribution in [0.4, 0.5) is 5.69 Å². The molecule has 1 rings (SSSR count). The van der Waals surface area contributed by atoms with Gasteiger partial charge >= 0.3 is 0 Å². The Hall–Kier alpha value is -1.46. The van der Waals surface area contributed by atoms with Gasteiger partial charge in [-0.2, -0.15) is 5.06 Å². The highest BCUT2D eigenvalue weighted by molar-refractivity contribution is 5.27. The smallest absolute Gasteiger partial charge is 0.269 e. The van der Waals surface area contributed by atoms with Crippen LogP contribution in [0.5, 0.6) is 0 Å². The summed E-state index contributed by atoms with van der Waals surface area (Å²) in [5.74, 6) is 0. The van der Waals surface area contributed by atoms with Gasteiger partial charge in [0, 0.05) is 25.7 Å². The molecule has 0 spiro atoms.